The molecule has 1 heterocycles. The number of benzene rings is 3. The van der Waals surface area contributed by atoms with E-state index in [4.69, 9.17) is 0 Å². The maximum absolute atomic E-state index is 10.6. The van der Waals surface area contributed by atoms with Crippen molar-refractivity contribution in [1.82, 2.24) is 0 Å². The van der Waals surface area contributed by atoms with Crippen LogP contribution < -0.4 is 0 Å². The maximum Gasteiger partial charge on any atom is 0.123 e. The highest BCUT2D eigenvalue weighted by molar-refractivity contribution is 7.13. The zero-order valence-corrected chi connectivity index (χ0v) is 15.0. The van der Waals surface area contributed by atoms with Gasteiger partial charge in [-0.25, -0.2) is 0 Å². The van der Waals surface area contributed by atoms with E-state index in [-0.39, 0.29) is 5.41 Å². The fourth-order valence-corrected chi connectivity index (χ4v) is 4.88. The lowest BCUT2D eigenvalue weighted by Crippen LogP contribution is -2.15. The molecule has 5 rings (SSSR count). The minimum Gasteiger partial charge on any atom is -0.507 e. The Morgan fingerprint density at radius 2 is 1.64 bits per heavy atom. The van der Waals surface area contributed by atoms with Crippen molar-refractivity contribution in [1.29, 1.82) is 0 Å². The molecule has 1 aromatic heterocycles. The third kappa shape index (κ3) is 1.95. The second-order valence-electron chi connectivity index (χ2n) is 7.23. The van der Waals surface area contributed by atoms with Gasteiger partial charge in [0.05, 0.1) is 0 Å². The van der Waals surface area contributed by atoms with Gasteiger partial charge in [0.15, 0.2) is 0 Å². The molecular weight excluding hydrogens is 324 g/mol. The van der Waals surface area contributed by atoms with Gasteiger partial charge in [-0.2, -0.15) is 0 Å². The predicted octanol–water partition coefficient (Wildman–Crippen LogP) is 6.58. The van der Waals surface area contributed by atoms with Crippen molar-refractivity contribution < 1.29 is 5.11 Å². The van der Waals surface area contributed by atoms with Gasteiger partial charge in [-0.3, -0.25) is 0 Å². The fourth-order valence-electron chi connectivity index (χ4n) is 4.16. The number of thiophene rings is 1. The first-order valence-corrected chi connectivity index (χ1v) is 9.39. The lowest BCUT2D eigenvalue weighted by atomic mass is 9.81. The summed E-state index contributed by atoms with van der Waals surface area (Å²) in [5, 5.41) is 14.7. The first-order valence-electron chi connectivity index (χ1n) is 8.51. The molecule has 0 saturated heterocycles. The number of phenols is 1. The molecule has 122 valence electrons. The standard InChI is InChI=1S/C23H18OS/c1-23(2)18-12-14(21-8-5-11-25-21)9-10-17(18)22-16-7-4-3-6-15(16)20(24)13-19(22)23/h3-13,24H,1-2H3. The highest BCUT2D eigenvalue weighted by atomic mass is 32.1. The molecule has 0 amide bonds. The molecule has 1 nitrogen and oxygen atoms in total. The number of hydrogen-bond donors (Lipinski definition) is 1. The van der Waals surface area contributed by atoms with Crippen LogP contribution in [-0.4, -0.2) is 5.11 Å². The zero-order chi connectivity index (χ0) is 17.2. The molecule has 0 spiro atoms. The van der Waals surface area contributed by atoms with E-state index in [1.807, 2.05) is 24.3 Å². The van der Waals surface area contributed by atoms with Crippen molar-refractivity contribution >= 4 is 22.1 Å². The Morgan fingerprint density at radius 1 is 0.840 bits per heavy atom. The average Bonchev–Trinajstić information content (AvgIpc) is 3.22. The molecule has 2 heteroatoms. The molecular formula is C23H18OS. The number of aromatic hydroxyl groups is 1. The Morgan fingerprint density at radius 3 is 2.40 bits per heavy atom. The van der Waals surface area contributed by atoms with Gasteiger partial charge in [0.25, 0.3) is 0 Å². The first-order chi connectivity index (χ1) is 12.1. The Hall–Kier alpha value is -2.58. The molecule has 1 aliphatic carbocycles. The monoisotopic (exact) mass is 342 g/mol. The van der Waals surface area contributed by atoms with Crippen LogP contribution in [0.1, 0.15) is 25.0 Å². The Kier molecular flexibility index (Phi) is 2.93. The summed E-state index contributed by atoms with van der Waals surface area (Å²) in [5.41, 5.74) is 6.25. The summed E-state index contributed by atoms with van der Waals surface area (Å²) in [6.45, 7) is 4.51. The second kappa shape index (κ2) is 4.96. The van der Waals surface area contributed by atoms with Crippen LogP contribution in [0.2, 0.25) is 0 Å². The van der Waals surface area contributed by atoms with Gasteiger partial charge in [0.2, 0.25) is 0 Å². The van der Waals surface area contributed by atoms with Crippen LogP contribution in [0.5, 0.6) is 5.75 Å². The van der Waals surface area contributed by atoms with Gasteiger partial charge in [-0.15, -0.1) is 11.3 Å². The quantitative estimate of drug-likeness (QED) is 0.414. The minimum atomic E-state index is -0.126. The summed E-state index contributed by atoms with van der Waals surface area (Å²) < 4.78 is 0. The maximum atomic E-state index is 10.6. The molecule has 0 fully saturated rings. The van der Waals surface area contributed by atoms with Gasteiger partial charge in [0, 0.05) is 15.7 Å². The minimum absolute atomic E-state index is 0.126. The molecule has 0 aliphatic heterocycles. The van der Waals surface area contributed by atoms with E-state index in [9.17, 15) is 5.11 Å². The smallest absolute Gasteiger partial charge is 0.123 e. The van der Waals surface area contributed by atoms with E-state index < -0.39 is 0 Å². The largest absolute Gasteiger partial charge is 0.507 e. The van der Waals surface area contributed by atoms with Gasteiger partial charge >= 0.3 is 0 Å². The fraction of sp³-hybridized carbons (Fsp3) is 0.130. The van der Waals surface area contributed by atoms with Crippen molar-refractivity contribution in [2.24, 2.45) is 0 Å². The summed E-state index contributed by atoms with van der Waals surface area (Å²) in [6.07, 6.45) is 0. The summed E-state index contributed by atoms with van der Waals surface area (Å²) in [7, 11) is 0. The summed E-state index contributed by atoms with van der Waals surface area (Å²) in [6, 6.07) is 21.2. The SMILES string of the molecule is CC1(C)c2cc(-c3cccs3)ccc2-c2c1cc(O)c1ccccc21. The van der Waals surface area contributed by atoms with E-state index in [1.54, 1.807) is 11.3 Å². The lowest BCUT2D eigenvalue weighted by molar-refractivity contribution is 0.479. The molecule has 1 aliphatic rings. The topological polar surface area (TPSA) is 20.2 Å². The normalized spacial score (nSPS) is 14.5. The molecule has 1 N–H and O–H groups in total. The Labute approximate surface area is 151 Å². The van der Waals surface area contributed by atoms with Crippen molar-refractivity contribution in [3.05, 3.63) is 77.2 Å². The van der Waals surface area contributed by atoms with Gasteiger partial charge in [0.1, 0.15) is 5.75 Å². The van der Waals surface area contributed by atoms with Crippen LogP contribution in [0.25, 0.3) is 32.3 Å². The summed E-state index contributed by atoms with van der Waals surface area (Å²) in [4.78, 5) is 1.29. The number of fused-ring (bicyclic) bond motifs is 5. The van der Waals surface area contributed by atoms with Crippen LogP contribution >= 0.6 is 11.3 Å². The third-order valence-corrected chi connectivity index (χ3v) is 6.38. The third-order valence-electron chi connectivity index (χ3n) is 5.46. The Bertz CT molecular complexity index is 1120. The van der Waals surface area contributed by atoms with Crippen molar-refractivity contribution in [3.8, 4) is 27.3 Å². The molecule has 25 heavy (non-hydrogen) atoms. The van der Waals surface area contributed by atoms with E-state index in [0.717, 1.165) is 10.8 Å². The van der Waals surface area contributed by atoms with E-state index >= 15 is 0 Å². The van der Waals surface area contributed by atoms with Gasteiger partial charge in [-0.1, -0.05) is 56.3 Å². The van der Waals surface area contributed by atoms with Gasteiger partial charge < -0.3 is 5.11 Å². The van der Waals surface area contributed by atoms with E-state index in [2.05, 4.69) is 55.6 Å². The molecule has 3 aromatic carbocycles. The van der Waals surface area contributed by atoms with Crippen LogP contribution in [0, 0.1) is 0 Å². The highest BCUT2D eigenvalue weighted by Crippen LogP contribution is 2.53. The van der Waals surface area contributed by atoms with Crippen LogP contribution in [-0.2, 0) is 5.41 Å². The molecule has 0 atom stereocenters. The second-order valence-corrected chi connectivity index (χ2v) is 8.17. The zero-order valence-electron chi connectivity index (χ0n) is 14.2. The average molecular weight is 342 g/mol. The van der Waals surface area contributed by atoms with Crippen molar-refractivity contribution in [2.45, 2.75) is 19.3 Å². The Balaban J connectivity index is 1.86. The van der Waals surface area contributed by atoms with E-state index in [1.165, 1.54) is 32.7 Å². The van der Waals surface area contributed by atoms with Crippen LogP contribution in [0.4, 0.5) is 0 Å². The van der Waals surface area contributed by atoms with E-state index in [0.29, 0.717) is 5.75 Å². The highest BCUT2D eigenvalue weighted by Gasteiger charge is 2.37. The number of rotatable bonds is 1. The molecule has 0 bridgehead atoms. The van der Waals surface area contributed by atoms with Crippen molar-refractivity contribution in [2.75, 3.05) is 0 Å². The summed E-state index contributed by atoms with van der Waals surface area (Å²) >= 11 is 1.77. The van der Waals surface area contributed by atoms with Crippen molar-refractivity contribution in [3.63, 3.8) is 0 Å². The van der Waals surface area contributed by atoms with Crippen LogP contribution in [0.15, 0.2) is 66.0 Å². The molecule has 4 aromatic rings. The summed E-state index contributed by atoms with van der Waals surface area (Å²) in [5.74, 6) is 0.369. The predicted molar refractivity (Wildman–Crippen MR) is 106 cm³/mol. The first kappa shape index (κ1) is 14.7. The lowest BCUT2D eigenvalue weighted by Gasteiger charge is -2.22. The van der Waals surface area contributed by atoms with Gasteiger partial charge in [-0.05, 0) is 56.8 Å². The van der Waals surface area contributed by atoms with Crippen LogP contribution in [0.3, 0.4) is 0 Å². The molecule has 0 unspecified atom stereocenters. The number of phenolic OH excluding ortho intramolecular Hbond substituents is 1. The molecule has 0 radical (unpaired) electrons. The molecule has 0 saturated carbocycles. The number of hydrogen-bond acceptors (Lipinski definition) is 2.